The Morgan fingerprint density at radius 1 is 1.18 bits per heavy atom. The minimum Gasteiger partial charge on any atom is -0.353 e. The van der Waals surface area contributed by atoms with Crippen molar-refractivity contribution < 1.29 is 4.79 Å². The highest BCUT2D eigenvalue weighted by molar-refractivity contribution is 6.00. The van der Waals surface area contributed by atoms with E-state index >= 15 is 0 Å². The summed E-state index contributed by atoms with van der Waals surface area (Å²) in [5, 5.41) is 4.26. The summed E-state index contributed by atoms with van der Waals surface area (Å²) < 4.78 is 0. The van der Waals surface area contributed by atoms with Gasteiger partial charge in [0.25, 0.3) is 0 Å². The monoisotopic (exact) mass is 374 g/mol. The van der Waals surface area contributed by atoms with E-state index in [2.05, 4.69) is 38.5 Å². The average molecular weight is 374 g/mol. The third-order valence-corrected chi connectivity index (χ3v) is 5.25. The van der Waals surface area contributed by atoms with E-state index < -0.39 is 0 Å². The Kier molecular flexibility index (Phi) is 4.75. The maximum absolute atomic E-state index is 12.4. The molecule has 0 bridgehead atoms. The molecule has 5 nitrogen and oxygen atoms in total. The Bertz CT molecular complexity index is 1030. The summed E-state index contributed by atoms with van der Waals surface area (Å²) in [6, 6.07) is 10.4. The maximum atomic E-state index is 12.4. The lowest BCUT2D eigenvalue weighted by Gasteiger charge is -2.27. The zero-order chi connectivity index (χ0) is 19.7. The highest BCUT2D eigenvalue weighted by Crippen LogP contribution is 2.35. The van der Waals surface area contributed by atoms with Crippen molar-refractivity contribution in [1.82, 2.24) is 20.3 Å². The highest BCUT2D eigenvalue weighted by Gasteiger charge is 2.27. The van der Waals surface area contributed by atoms with E-state index in [1.165, 1.54) is 5.57 Å². The van der Waals surface area contributed by atoms with Crippen LogP contribution < -0.4 is 5.32 Å². The van der Waals surface area contributed by atoms with Gasteiger partial charge in [-0.25, -0.2) is 9.97 Å². The van der Waals surface area contributed by atoms with E-state index in [1.807, 2.05) is 45.2 Å². The van der Waals surface area contributed by atoms with Crippen molar-refractivity contribution in [1.29, 1.82) is 0 Å². The molecule has 0 spiro atoms. The van der Waals surface area contributed by atoms with Gasteiger partial charge in [0.2, 0.25) is 5.91 Å². The summed E-state index contributed by atoms with van der Waals surface area (Å²) in [6.45, 7) is 5.84. The molecule has 1 atom stereocenters. The molecule has 1 aliphatic carbocycles. The van der Waals surface area contributed by atoms with Gasteiger partial charge in [-0.2, -0.15) is 0 Å². The molecule has 1 aromatic carbocycles. The van der Waals surface area contributed by atoms with Crippen molar-refractivity contribution in [2.24, 2.45) is 5.41 Å². The van der Waals surface area contributed by atoms with Crippen LogP contribution in [0.4, 0.5) is 0 Å². The number of benzene rings is 1. The molecule has 0 saturated carbocycles. The van der Waals surface area contributed by atoms with Crippen molar-refractivity contribution in [3.63, 3.8) is 0 Å². The van der Waals surface area contributed by atoms with Gasteiger partial charge in [0.05, 0.1) is 11.1 Å². The number of fused-ring (bicyclic) bond motifs is 1. The van der Waals surface area contributed by atoms with Gasteiger partial charge in [-0.05, 0) is 30.4 Å². The molecule has 5 heteroatoms. The summed E-state index contributed by atoms with van der Waals surface area (Å²) >= 11 is 0. The third-order valence-electron chi connectivity index (χ3n) is 5.25. The summed E-state index contributed by atoms with van der Waals surface area (Å²) in [5.41, 5.74) is 4.83. The molecule has 2 N–H and O–H groups in total. The summed E-state index contributed by atoms with van der Waals surface area (Å²) in [4.78, 5) is 24.8. The van der Waals surface area contributed by atoms with Crippen LogP contribution in [0.1, 0.15) is 45.7 Å². The van der Waals surface area contributed by atoms with E-state index in [9.17, 15) is 4.79 Å². The molecule has 2 aromatic heterocycles. The number of H-pyrrole nitrogens is 1. The maximum Gasteiger partial charge on any atom is 0.225 e. The zero-order valence-corrected chi connectivity index (χ0v) is 16.6. The van der Waals surface area contributed by atoms with Gasteiger partial charge in [-0.15, -0.1) is 0 Å². The van der Waals surface area contributed by atoms with Gasteiger partial charge in [0.15, 0.2) is 0 Å². The minimum absolute atomic E-state index is 0.0956. The number of hydrogen-bond donors (Lipinski definition) is 2. The lowest BCUT2D eigenvalue weighted by atomic mass is 9.89. The number of nitrogens with zero attached hydrogens (tertiary/aromatic N) is 2. The molecular weight excluding hydrogens is 348 g/mol. The van der Waals surface area contributed by atoms with E-state index in [-0.39, 0.29) is 17.4 Å². The van der Waals surface area contributed by atoms with Crippen molar-refractivity contribution in [2.75, 3.05) is 0 Å². The first-order valence-electron chi connectivity index (χ1n) is 9.81. The number of aromatic nitrogens is 3. The summed E-state index contributed by atoms with van der Waals surface area (Å²) in [6.07, 6.45) is 8.54. The number of allylic oxidation sites excluding steroid dienone is 1. The van der Waals surface area contributed by atoms with Gasteiger partial charge in [0, 0.05) is 23.2 Å². The SMILES string of the molecule is CC(C)(C)C(=O)NC1CCC=C(c2ncnc3[nH]cc(-c4ccccc4)c23)C1. The topological polar surface area (TPSA) is 70.7 Å². The Morgan fingerprint density at radius 2 is 1.96 bits per heavy atom. The smallest absolute Gasteiger partial charge is 0.225 e. The number of amides is 1. The molecule has 28 heavy (non-hydrogen) atoms. The lowest BCUT2D eigenvalue weighted by Crippen LogP contribution is -2.42. The molecule has 144 valence electrons. The van der Waals surface area contributed by atoms with E-state index in [4.69, 9.17) is 0 Å². The van der Waals surface area contributed by atoms with Crippen LogP contribution in [0.3, 0.4) is 0 Å². The number of carbonyl (C=O) groups is 1. The normalized spacial score (nSPS) is 17.4. The van der Waals surface area contributed by atoms with E-state index in [1.54, 1.807) is 6.33 Å². The average Bonchev–Trinajstić information content (AvgIpc) is 3.12. The van der Waals surface area contributed by atoms with Crippen LogP contribution in [0.25, 0.3) is 27.7 Å². The quantitative estimate of drug-likeness (QED) is 0.697. The second-order valence-corrected chi connectivity index (χ2v) is 8.45. The summed E-state index contributed by atoms with van der Waals surface area (Å²) in [7, 11) is 0. The predicted molar refractivity (Wildman–Crippen MR) is 113 cm³/mol. The van der Waals surface area contributed by atoms with Gasteiger partial charge in [0.1, 0.15) is 12.0 Å². The largest absolute Gasteiger partial charge is 0.353 e. The van der Waals surface area contributed by atoms with Crippen LogP contribution in [0, 0.1) is 5.41 Å². The lowest BCUT2D eigenvalue weighted by molar-refractivity contribution is -0.129. The Balaban J connectivity index is 1.69. The minimum atomic E-state index is -0.384. The fourth-order valence-electron chi connectivity index (χ4n) is 3.68. The first-order chi connectivity index (χ1) is 13.4. The Morgan fingerprint density at radius 3 is 2.71 bits per heavy atom. The van der Waals surface area contributed by atoms with Crippen LogP contribution >= 0.6 is 0 Å². The Hall–Kier alpha value is -2.95. The molecule has 0 aliphatic heterocycles. The molecule has 2 heterocycles. The van der Waals surface area contributed by atoms with Crippen LogP contribution in [0.5, 0.6) is 0 Å². The number of hydrogen-bond acceptors (Lipinski definition) is 3. The fraction of sp³-hybridized carbons (Fsp3) is 0.348. The van der Waals surface area contributed by atoms with E-state index in [0.29, 0.717) is 0 Å². The van der Waals surface area contributed by atoms with Crippen molar-refractivity contribution in [3.8, 4) is 11.1 Å². The van der Waals surface area contributed by atoms with Crippen molar-refractivity contribution >= 4 is 22.5 Å². The highest BCUT2D eigenvalue weighted by atomic mass is 16.2. The van der Waals surface area contributed by atoms with Crippen LogP contribution in [0.2, 0.25) is 0 Å². The summed E-state index contributed by atoms with van der Waals surface area (Å²) in [5.74, 6) is 0.0956. The second-order valence-electron chi connectivity index (χ2n) is 8.45. The molecular formula is C23H26N4O. The third kappa shape index (κ3) is 3.57. The molecule has 1 unspecified atom stereocenters. The molecule has 4 rings (SSSR count). The molecule has 0 fully saturated rings. The van der Waals surface area contributed by atoms with E-state index in [0.717, 1.165) is 47.1 Å². The van der Waals surface area contributed by atoms with Crippen molar-refractivity contribution in [2.45, 2.75) is 46.1 Å². The number of carbonyl (C=O) groups excluding carboxylic acids is 1. The number of aromatic amines is 1. The zero-order valence-electron chi connectivity index (χ0n) is 16.6. The first-order valence-corrected chi connectivity index (χ1v) is 9.81. The predicted octanol–water partition coefficient (Wildman–Crippen LogP) is 4.72. The number of nitrogens with one attached hydrogen (secondary N) is 2. The Labute approximate surface area is 165 Å². The molecule has 1 amide bonds. The van der Waals surface area contributed by atoms with Crippen molar-refractivity contribution in [3.05, 3.63) is 54.6 Å². The van der Waals surface area contributed by atoms with Gasteiger partial charge < -0.3 is 10.3 Å². The number of rotatable bonds is 3. The standard InChI is InChI=1S/C23H26N4O/c1-23(2,3)22(28)27-17-11-7-10-16(12-17)20-19-18(15-8-5-4-6-9-15)13-24-21(19)26-14-25-20/h4-6,8-10,13-14,17H,7,11-12H2,1-3H3,(H,27,28)(H,24,25,26). The van der Waals surface area contributed by atoms with Gasteiger partial charge in [-0.3, -0.25) is 4.79 Å². The molecule has 0 saturated heterocycles. The second kappa shape index (κ2) is 7.23. The molecule has 0 radical (unpaired) electrons. The van der Waals surface area contributed by atoms with Crippen LogP contribution in [-0.2, 0) is 4.79 Å². The van der Waals surface area contributed by atoms with Gasteiger partial charge in [-0.1, -0.05) is 57.2 Å². The molecule has 3 aromatic rings. The molecule has 1 aliphatic rings. The first kappa shape index (κ1) is 18.4. The van der Waals surface area contributed by atoms with Gasteiger partial charge >= 0.3 is 0 Å². The fourth-order valence-corrected chi connectivity index (χ4v) is 3.68. The van der Waals surface area contributed by atoms with Crippen LogP contribution in [0.15, 0.2) is 48.9 Å². The van der Waals surface area contributed by atoms with Crippen LogP contribution in [-0.4, -0.2) is 26.9 Å².